The van der Waals surface area contributed by atoms with Crippen LogP contribution in [0.15, 0.2) is 18.2 Å². The molecule has 5 nitrogen and oxygen atoms in total. The van der Waals surface area contributed by atoms with Crippen LogP contribution in [0.25, 0.3) is 0 Å². The topological polar surface area (TPSA) is 58.6 Å². The number of anilines is 1. The minimum absolute atomic E-state index is 0.110. The summed E-state index contributed by atoms with van der Waals surface area (Å²) in [5.41, 5.74) is 1.83. The molecule has 0 spiro atoms. The van der Waals surface area contributed by atoms with E-state index in [-0.39, 0.29) is 24.3 Å². The van der Waals surface area contributed by atoms with Gasteiger partial charge in [0.25, 0.3) is 5.91 Å². The summed E-state index contributed by atoms with van der Waals surface area (Å²) in [7, 11) is 0. The quantitative estimate of drug-likeness (QED) is 0.846. The Kier molecular flexibility index (Phi) is 4.50. The summed E-state index contributed by atoms with van der Waals surface area (Å²) in [6.45, 7) is 8.13. The van der Waals surface area contributed by atoms with Gasteiger partial charge < -0.3 is 10.1 Å². The van der Waals surface area contributed by atoms with Crippen LogP contribution in [0.4, 0.5) is 5.69 Å². The Morgan fingerprint density at radius 3 is 2.67 bits per heavy atom. The van der Waals surface area contributed by atoms with Crippen LogP contribution in [-0.2, 0) is 9.59 Å². The molecule has 1 fully saturated rings. The summed E-state index contributed by atoms with van der Waals surface area (Å²) in [6, 6.07) is 5.14. The van der Waals surface area contributed by atoms with Crippen molar-refractivity contribution in [2.24, 2.45) is 0 Å². The summed E-state index contributed by atoms with van der Waals surface area (Å²) >= 11 is 0. The predicted octanol–water partition coefficient (Wildman–Crippen LogP) is 2.34. The lowest BCUT2D eigenvalue weighted by molar-refractivity contribution is -0.140. The number of hydrogen-bond donors (Lipinski definition) is 1. The molecule has 1 aliphatic rings. The highest BCUT2D eigenvalue weighted by Crippen LogP contribution is 2.29. The monoisotopic (exact) mass is 290 g/mol. The molecule has 1 aromatic carbocycles. The number of imide groups is 1. The molecule has 1 heterocycles. The van der Waals surface area contributed by atoms with Crippen molar-refractivity contribution in [3.8, 4) is 5.75 Å². The van der Waals surface area contributed by atoms with E-state index in [4.69, 9.17) is 4.74 Å². The van der Waals surface area contributed by atoms with Gasteiger partial charge in [0.1, 0.15) is 11.8 Å². The van der Waals surface area contributed by atoms with Crippen LogP contribution in [0.3, 0.4) is 0 Å². The first-order valence-electron chi connectivity index (χ1n) is 7.30. The summed E-state index contributed by atoms with van der Waals surface area (Å²) in [5, 5.41) is 3.15. The van der Waals surface area contributed by atoms with E-state index in [0.717, 1.165) is 11.3 Å². The molecule has 0 saturated carbocycles. The lowest BCUT2D eigenvalue weighted by Gasteiger charge is -2.20. The maximum Gasteiger partial charge on any atom is 0.252 e. The molecular weight excluding hydrogens is 268 g/mol. The van der Waals surface area contributed by atoms with Gasteiger partial charge in [-0.1, -0.05) is 6.07 Å². The van der Waals surface area contributed by atoms with Gasteiger partial charge in [-0.2, -0.15) is 0 Å². The summed E-state index contributed by atoms with van der Waals surface area (Å²) < 4.78 is 5.59. The molecule has 2 amide bonds. The van der Waals surface area contributed by atoms with E-state index in [9.17, 15) is 9.59 Å². The van der Waals surface area contributed by atoms with E-state index in [1.54, 1.807) is 0 Å². The molecule has 1 aromatic rings. The Morgan fingerprint density at radius 1 is 1.38 bits per heavy atom. The van der Waals surface area contributed by atoms with Gasteiger partial charge in [-0.25, -0.2) is 0 Å². The van der Waals surface area contributed by atoms with E-state index in [2.05, 4.69) is 5.32 Å². The molecule has 1 unspecified atom stereocenters. The van der Waals surface area contributed by atoms with Gasteiger partial charge in [0.05, 0.1) is 18.7 Å². The number of rotatable bonds is 5. The minimum atomic E-state index is -0.512. The molecular formula is C16H22N2O3. The van der Waals surface area contributed by atoms with Crippen molar-refractivity contribution in [1.82, 2.24) is 4.90 Å². The number of amides is 2. The highest BCUT2D eigenvalue weighted by Gasteiger charge is 2.40. The van der Waals surface area contributed by atoms with Gasteiger partial charge >= 0.3 is 0 Å². The molecule has 0 radical (unpaired) electrons. The normalized spacial score (nSPS) is 18.5. The zero-order valence-electron chi connectivity index (χ0n) is 13.0. The third-order valence-corrected chi connectivity index (χ3v) is 3.47. The second-order valence-electron chi connectivity index (χ2n) is 5.53. The number of likely N-dealkylation sites (tertiary alicyclic amines) is 1. The lowest BCUT2D eigenvalue weighted by Crippen LogP contribution is -2.39. The van der Waals surface area contributed by atoms with Crippen LogP contribution in [0, 0.1) is 6.92 Å². The fourth-order valence-electron chi connectivity index (χ4n) is 2.52. The number of carbonyl (C=O) groups is 2. The molecule has 0 aromatic heterocycles. The van der Waals surface area contributed by atoms with Gasteiger partial charge in [-0.3, -0.25) is 14.5 Å². The largest absolute Gasteiger partial charge is 0.492 e. The average Bonchev–Trinajstić information content (AvgIpc) is 2.68. The van der Waals surface area contributed by atoms with Crippen molar-refractivity contribution < 1.29 is 14.3 Å². The van der Waals surface area contributed by atoms with Crippen LogP contribution >= 0.6 is 0 Å². The van der Waals surface area contributed by atoms with Crippen LogP contribution in [0.1, 0.15) is 32.8 Å². The van der Waals surface area contributed by atoms with Gasteiger partial charge in [0.2, 0.25) is 5.91 Å². The molecule has 1 N–H and O–H groups in total. The maximum atomic E-state index is 12.3. The van der Waals surface area contributed by atoms with Crippen LogP contribution in [-0.4, -0.2) is 35.4 Å². The Morgan fingerprint density at radius 2 is 2.10 bits per heavy atom. The number of benzene rings is 1. The first kappa shape index (κ1) is 15.4. The summed E-state index contributed by atoms with van der Waals surface area (Å²) in [5.74, 6) is 0.413. The highest BCUT2D eigenvalue weighted by atomic mass is 16.5. The van der Waals surface area contributed by atoms with E-state index >= 15 is 0 Å². The molecule has 5 heteroatoms. The summed E-state index contributed by atoms with van der Waals surface area (Å²) in [4.78, 5) is 25.6. The first-order valence-corrected chi connectivity index (χ1v) is 7.30. The Labute approximate surface area is 125 Å². The van der Waals surface area contributed by atoms with Crippen LogP contribution in [0.2, 0.25) is 0 Å². The van der Waals surface area contributed by atoms with E-state index < -0.39 is 6.04 Å². The molecule has 114 valence electrons. The number of nitrogens with zero attached hydrogens (tertiary/aromatic N) is 1. The van der Waals surface area contributed by atoms with Crippen molar-refractivity contribution in [2.75, 3.05) is 11.9 Å². The molecule has 1 aliphatic heterocycles. The Hall–Kier alpha value is -2.04. The Bertz CT molecular complexity index is 554. The predicted molar refractivity (Wildman–Crippen MR) is 81.4 cm³/mol. The third kappa shape index (κ3) is 3.17. The fraction of sp³-hybridized carbons (Fsp3) is 0.500. The Balaban J connectivity index is 2.19. The zero-order chi connectivity index (χ0) is 15.6. The van der Waals surface area contributed by atoms with Crippen LogP contribution in [0.5, 0.6) is 5.75 Å². The molecule has 0 bridgehead atoms. The van der Waals surface area contributed by atoms with Gasteiger partial charge in [-0.15, -0.1) is 0 Å². The molecule has 1 atom stereocenters. The smallest absolute Gasteiger partial charge is 0.252 e. The zero-order valence-corrected chi connectivity index (χ0v) is 13.0. The SMILES string of the molecule is CCOc1cc(C)ccc1NC1CC(=O)N(C(C)C)C1=O. The van der Waals surface area contributed by atoms with Crippen molar-refractivity contribution in [1.29, 1.82) is 0 Å². The number of aryl methyl sites for hydroxylation is 1. The maximum absolute atomic E-state index is 12.3. The standard InChI is InChI=1S/C16H22N2O3/c1-5-21-14-8-11(4)6-7-12(14)17-13-9-15(19)18(10(2)3)16(13)20/h6-8,10,13,17H,5,9H2,1-4H3. The van der Waals surface area contributed by atoms with Gasteiger partial charge in [0, 0.05) is 6.04 Å². The fourth-order valence-corrected chi connectivity index (χ4v) is 2.52. The van der Waals surface area contributed by atoms with Crippen molar-refractivity contribution in [2.45, 2.75) is 46.2 Å². The van der Waals surface area contributed by atoms with E-state index in [1.165, 1.54) is 4.90 Å². The lowest BCUT2D eigenvalue weighted by atomic mass is 10.1. The molecule has 0 aliphatic carbocycles. The van der Waals surface area contributed by atoms with Gasteiger partial charge in [0.15, 0.2) is 0 Å². The average molecular weight is 290 g/mol. The number of hydrogen-bond acceptors (Lipinski definition) is 4. The van der Waals surface area contributed by atoms with Gasteiger partial charge in [-0.05, 0) is 45.4 Å². The number of carbonyl (C=O) groups excluding carboxylic acids is 2. The molecule has 1 saturated heterocycles. The van der Waals surface area contributed by atoms with E-state index in [1.807, 2.05) is 45.9 Å². The third-order valence-electron chi connectivity index (χ3n) is 3.47. The first-order chi connectivity index (χ1) is 9.93. The molecule has 2 rings (SSSR count). The highest BCUT2D eigenvalue weighted by molar-refractivity contribution is 6.07. The van der Waals surface area contributed by atoms with Crippen molar-refractivity contribution >= 4 is 17.5 Å². The van der Waals surface area contributed by atoms with Crippen molar-refractivity contribution in [3.05, 3.63) is 23.8 Å². The minimum Gasteiger partial charge on any atom is -0.492 e. The van der Waals surface area contributed by atoms with Crippen molar-refractivity contribution in [3.63, 3.8) is 0 Å². The van der Waals surface area contributed by atoms with E-state index in [0.29, 0.717) is 12.4 Å². The van der Waals surface area contributed by atoms with Crippen LogP contribution < -0.4 is 10.1 Å². The second-order valence-corrected chi connectivity index (χ2v) is 5.53. The second kappa shape index (κ2) is 6.16. The number of ether oxygens (including phenoxy) is 1. The number of nitrogens with one attached hydrogen (secondary N) is 1. The summed E-state index contributed by atoms with van der Waals surface area (Å²) in [6.07, 6.45) is 0.191. The molecule has 21 heavy (non-hydrogen) atoms.